The van der Waals surface area contributed by atoms with Gasteiger partial charge in [0.1, 0.15) is 4.88 Å². The molecule has 23 heavy (non-hydrogen) atoms. The van der Waals surface area contributed by atoms with Crippen molar-refractivity contribution in [1.29, 1.82) is 0 Å². The maximum atomic E-state index is 13.0. The summed E-state index contributed by atoms with van der Waals surface area (Å²) in [5, 5.41) is -3.79. The molecule has 0 saturated heterocycles. The van der Waals surface area contributed by atoms with Gasteiger partial charge in [-0.3, -0.25) is 0 Å². The topological polar surface area (TPSA) is 0 Å². The van der Waals surface area contributed by atoms with Crippen LogP contribution in [0.15, 0.2) is 6.07 Å². The number of benzene rings is 1. The molecular formula is C11HCl2F9S. The minimum atomic E-state index is -5.35. The van der Waals surface area contributed by atoms with Crippen LogP contribution in [0.3, 0.4) is 0 Å². The first-order chi connectivity index (χ1) is 10.2. The van der Waals surface area contributed by atoms with E-state index in [0.29, 0.717) is 0 Å². The van der Waals surface area contributed by atoms with Crippen LogP contribution in [-0.4, -0.2) is 0 Å². The van der Waals surface area contributed by atoms with Crippen LogP contribution in [0.25, 0.3) is 10.1 Å². The molecule has 0 fully saturated rings. The van der Waals surface area contributed by atoms with Crippen molar-refractivity contribution in [2.75, 3.05) is 0 Å². The largest absolute Gasteiger partial charge is 0.427 e. The summed E-state index contributed by atoms with van der Waals surface area (Å²) < 4.78 is 114. The molecule has 1 heterocycles. The van der Waals surface area contributed by atoms with Gasteiger partial charge in [0, 0.05) is 5.39 Å². The predicted octanol–water partition coefficient (Wildman–Crippen LogP) is 7.26. The monoisotopic (exact) mass is 406 g/mol. The van der Waals surface area contributed by atoms with Crippen molar-refractivity contribution < 1.29 is 39.5 Å². The van der Waals surface area contributed by atoms with Crippen LogP contribution in [0.5, 0.6) is 0 Å². The van der Waals surface area contributed by atoms with Crippen LogP contribution < -0.4 is 0 Å². The molecule has 0 atom stereocenters. The molecule has 0 radical (unpaired) electrons. The third kappa shape index (κ3) is 3.20. The lowest BCUT2D eigenvalue weighted by molar-refractivity contribution is -0.142. The van der Waals surface area contributed by atoms with Gasteiger partial charge in [0.05, 0.1) is 25.9 Å². The van der Waals surface area contributed by atoms with Crippen molar-refractivity contribution in [3.05, 3.63) is 32.1 Å². The van der Waals surface area contributed by atoms with Gasteiger partial charge in [-0.05, 0) is 6.07 Å². The lowest BCUT2D eigenvalue weighted by Crippen LogP contribution is -2.12. The molecule has 0 N–H and O–H groups in total. The normalized spacial score (nSPS) is 13.9. The fourth-order valence-electron chi connectivity index (χ4n) is 1.82. The molecule has 1 aromatic carbocycles. The highest BCUT2D eigenvalue weighted by Crippen LogP contribution is 2.53. The Morgan fingerprint density at radius 1 is 0.696 bits per heavy atom. The summed E-state index contributed by atoms with van der Waals surface area (Å²) in [6.45, 7) is 0. The summed E-state index contributed by atoms with van der Waals surface area (Å²) >= 11 is 10.4. The zero-order valence-electron chi connectivity index (χ0n) is 10.1. The van der Waals surface area contributed by atoms with Gasteiger partial charge in [-0.25, -0.2) is 0 Å². The molecule has 1 aromatic heterocycles. The molecule has 0 aliphatic carbocycles. The minimum Gasteiger partial charge on any atom is -0.166 e. The van der Waals surface area contributed by atoms with Crippen molar-refractivity contribution >= 4 is 44.6 Å². The molecule has 0 saturated carbocycles. The van der Waals surface area contributed by atoms with E-state index in [-0.39, 0.29) is 17.4 Å². The van der Waals surface area contributed by atoms with E-state index in [1.807, 2.05) is 0 Å². The van der Waals surface area contributed by atoms with E-state index in [9.17, 15) is 39.5 Å². The molecular weight excluding hydrogens is 406 g/mol. The summed E-state index contributed by atoms with van der Waals surface area (Å²) in [6.07, 6.45) is -15.8. The third-order valence-corrected chi connectivity index (χ3v) is 4.96. The highest BCUT2D eigenvalue weighted by molar-refractivity contribution is 7.20. The van der Waals surface area contributed by atoms with Gasteiger partial charge in [0.15, 0.2) is 0 Å². The van der Waals surface area contributed by atoms with Crippen molar-refractivity contribution in [3.8, 4) is 0 Å². The van der Waals surface area contributed by atoms with Gasteiger partial charge in [-0.1, -0.05) is 23.2 Å². The fraction of sp³-hybridized carbons (Fsp3) is 0.273. The standard InChI is InChI=1S/C11HCl2F9S/c12-5-3(10(17,18)19)1-2(9(14,15)16)4-6(13)8(11(20,21)22)23-7(4)5/h1H. The second-order valence-corrected chi connectivity index (χ2v) is 6.00. The number of rotatable bonds is 0. The van der Waals surface area contributed by atoms with Gasteiger partial charge < -0.3 is 0 Å². The van der Waals surface area contributed by atoms with Crippen LogP contribution in [0.2, 0.25) is 10.0 Å². The van der Waals surface area contributed by atoms with Crippen LogP contribution >= 0.6 is 34.5 Å². The summed E-state index contributed by atoms with van der Waals surface area (Å²) in [5.41, 5.74) is -3.81. The first-order valence-corrected chi connectivity index (χ1v) is 6.89. The van der Waals surface area contributed by atoms with E-state index in [4.69, 9.17) is 23.2 Å². The van der Waals surface area contributed by atoms with Gasteiger partial charge in [0.25, 0.3) is 0 Å². The number of halogens is 11. The fourth-order valence-corrected chi connectivity index (χ4v) is 3.69. The quantitative estimate of drug-likeness (QED) is 0.403. The van der Waals surface area contributed by atoms with Crippen LogP contribution in [-0.2, 0) is 18.5 Å². The smallest absolute Gasteiger partial charge is 0.166 e. The average molecular weight is 407 g/mol. The Kier molecular flexibility index (Phi) is 4.27. The Balaban J connectivity index is 3.03. The molecule has 0 unspecified atom stereocenters. The number of thiophene rings is 1. The Hall–Kier alpha value is -0.870. The Morgan fingerprint density at radius 2 is 1.17 bits per heavy atom. The molecule has 0 aliphatic heterocycles. The molecule has 0 nitrogen and oxygen atoms in total. The van der Waals surface area contributed by atoms with Gasteiger partial charge >= 0.3 is 18.5 Å². The van der Waals surface area contributed by atoms with Gasteiger partial charge in [-0.2, -0.15) is 39.5 Å². The molecule has 128 valence electrons. The van der Waals surface area contributed by atoms with E-state index in [1.54, 1.807) is 0 Å². The van der Waals surface area contributed by atoms with Crippen LogP contribution in [0.4, 0.5) is 39.5 Å². The first-order valence-electron chi connectivity index (χ1n) is 5.31. The van der Waals surface area contributed by atoms with Crippen molar-refractivity contribution in [3.63, 3.8) is 0 Å². The summed E-state index contributed by atoms with van der Waals surface area (Å²) in [5.74, 6) is 0. The van der Waals surface area contributed by atoms with Crippen molar-refractivity contribution in [1.82, 2.24) is 0 Å². The Labute approximate surface area is 135 Å². The van der Waals surface area contributed by atoms with E-state index in [2.05, 4.69) is 0 Å². The summed E-state index contributed by atoms with van der Waals surface area (Å²) in [6, 6.07) is -0.344. The maximum Gasteiger partial charge on any atom is 0.427 e. The van der Waals surface area contributed by atoms with Gasteiger partial charge in [-0.15, -0.1) is 11.3 Å². The highest BCUT2D eigenvalue weighted by atomic mass is 35.5. The van der Waals surface area contributed by atoms with E-state index < -0.39 is 54.7 Å². The molecule has 0 aliphatic rings. The van der Waals surface area contributed by atoms with Gasteiger partial charge in [0.2, 0.25) is 0 Å². The van der Waals surface area contributed by atoms with Crippen molar-refractivity contribution in [2.45, 2.75) is 18.5 Å². The number of hydrogen-bond acceptors (Lipinski definition) is 1. The molecule has 0 bridgehead atoms. The second kappa shape index (κ2) is 5.32. The van der Waals surface area contributed by atoms with E-state index in [0.717, 1.165) is 0 Å². The van der Waals surface area contributed by atoms with Crippen LogP contribution in [0.1, 0.15) is 16.0 Å². The zero-order valence-corrected chi connectivity index (χ0v) is 12.5. The van der Waals surface area contributed by atoms with Crippen LogP contribution in [0, 0.1) is 0 Å². The number of alkyl halides is 9. The summed E-state index contributed by atoms with van der Waals surface area (Å²) in [4.78, 5) is -1.65. The second-order valence-electron chi connectivity index (χ2n) is 4.23. The molecule has 2 aromatic rings. The average Bonchev–Trinajstić information content (AvgIpc) is 2.65. The van der Waals surface area contributed by atoms with E-state index in [1.165, 1.54) is 0 Å². The van der Waals surface area contributed by atoms with E-state index >= 15 is 0 Å². The molecule has 12 heteroatoms. The van der Waals surface area contributed by atoms with Crippen molar-refractivity contribution in [2.24, 2.45) is 0 Å². The third-order valence-electron chi connectivity index (χ3n) is 2.71. The molecule has 0 spiro atoms. The Bertz CT molecular complexity index is 767. The number of fused-ring (bicyclic) bond motifs is 1. The highest BCUT2D eigenvalue weighted by Gasteiger charge is 2.44. The number of hydrogen-bond donors (Lipinski definition) is 0. The molecule has 0 amide bonds. The maximum absolute atomic E-state index is 13.0. The SMILES string of the molecule is FC(F)(F)c1cc(C(F)(F)F)c2c(Cl)c(C(F)(F)F)sc2c1Cl. The molecule has 2 rings (SSSR count). The predicted molar refractivity (Wildman–Crippen MR) is 66.9 cm³/mol. The summed E-state index contributed by atoms with van der Waals surface area (Å²) in [7, 11) is 0. The minimum absolute atomic E-state index is 0.344. The Morgan fingerprint density at radius 3 is 1.57 bits per heavy atom. The lowest BCUT2D eigenvalue weighted by Gasteiger charge is -2.15. The first kappa shape index (κ1) is 18.5. The lowest BCUT2D eigenvalue weighted by atomic mass is 10.0. The zero-order chi connectivity index (χ0) is 18.0.